The molecule has 29 heavy (non-hydrogen) atoms. The minimum Gasteiger partial charge on any atom is -0.461 e. The number of aryl methyl sites for hydroxylation is 1. The van der Waals surface area contributed by atoms with Crippen molar-refractivity contribution >= 4 is 17.7 Å². The Morgan fingerprint density at radius 2 is 1.86 bits per heavy atom. The van der Waals surface area contributed by atoms with Crippen LogP contribution in [0.1, 0.15) is 65.5 Å². The molecule has 0 bridgehead atoms. The lowest BCUT2D eigenvalue weighted by atomic mass is 9.98. The zero-order valence-corrected chi connectivity index (χ0v) is 17.9. The Balaban J connectivity index is 2.38. The van der Waals surface area contributed by atoms with E-state index in [4.69, 9.17) is 4.74 Å². The predicted molar refractivity (Wildman–Crippen MR) is 110 cm³/mol. The van der Waals surface area contributed by atoms with Gasteiger partial charge in [-0.05, 0) is 45.4 Å². The number of ether oxygens (including phenoxy) is 1. The summed E-state index contributed by atoms with van der Waals surface area (Å²) < 4.78 is 5.06. The molecule has 0 saturated heterocycles. The molecule has 7 nitrogen and oxygen atoms in total. The van der Waals surface area contributed by atoms with E-state index in [9.17, 15) is 14.4 Å². The maximum absolute atomic E-state index is 13.4. The zero-order valence-electron chi connectivity index (χ0n) is 17.9. The summed E-state index contributed by atoms with van der Waals surface area (Å²) >= 11 is 0. The van der Waals surface area contributed by atoms with Crippen molar-refractivity contribution in [2.45, 2.75) is 54.1 Å². The highest BCUT2D eigenvalue weighted by atomic mass is 16.5. The molecule has 1 amide bonds. The van der Waals surface area contributed by atoms with E-state index >= 15 is 0 Å². The van der Waals surface area contributed by atoms with Crippen molar-refractivity contribution < 1.29 is 19.1 Å². The zero-order chi connectivity index (χ0) is 21.7. The summed E-state index contributed by atoms with van der Waals surface area (Å²) in [5, 5.41) is 0. The van der Waals surface area contributed by atoms with Gasteiger partial charge in [0.25, 0.3) is 0 Å². The average Bonchev–Trinajstić information content (AvgIpc) is 2.99. The van der Waals surface area contributed by atoms with Gasteiger partial charge in [-0.1, -0.05) is 19.9 Å². The first kappa shape index (κ1) is 22.3. The topological polar surface area (TPSA) is 92.4 Å². The molecule has 0 radical (unpaired) electrons. The molecule has 1 N–H and O–H groups in total. The fraction of sp³-hybridized carbons (Fsp3) is 0.455. The summed E-state index contributed by atoms with van der Waals surface area (Å²) in [6, 6.07) is 4.76. The van der Waals surface area contributed by atoms with E-state index in [-0.39, 0.29) is 36.5 Å². The normalized spacial score (nSPS) is 12.0. The Hall–Kier alpha value is -2.96. The van der Waals surface area contributed by atoms with E-state index in [0.29, 0.717) is 22.5 Å². The number of aromatic nitrogens is 2. The number of nitrogens with one attached hydrogen (secondary N) is 1. The third-order valence-corrected chi connectivity index (χ3v) is 4.85. The number of carbonyl (C=O) groups excluding carboxylic acids is 3. The SMILES string of the molecule is CCOC(=O)c1[nH]c(C)c(C(=O)C(C)N(Cc2ccccn2)C(=O)C(C)C)c1C. The van der Waals surface area contributed by atoms with Crippen LogP contribution in [0.5, 0.6) is 0 Å². The number of amides is 1. The first-order chi connectivity index (χ1) is 13.7. The third kappa shape index (κ3) is 4.91. The monoisotopic (exact) mass is 399 g/mol. The van der Waals surface area contributed by atoms with Gasteiger partial charge < -0.3 is 14.6 Å². The highest BCUT2D eigenvalue weighted by molar-refractivity contribution is 6.06. The lowest BCUT2D eigenvalue weighted by Gasteiger charge is -2.30. The molecule has 1 atom stereocenters. The maximum Gasteiger partial charge on any atom is 0.355 e. The Morgan fingerprint density at radius 3 is 2.41 bits per heavy atom. The van der Waals surface area contributed by atoms with Crippen LogP contribution in [0.25, 0.3) is 0 Å². The number of Topliss-reactive ketones (excluding diaryl/α,β-unsaturated/α-hetero) is 1. The van der Waals surface area contributed by atoms with Crippen LogP contribution in [0.15, 0.2) is 24.4 Å². The first-order valence-corrected chi connectivity index (χ1v) is 9.79. The fourth-order valence-corrected chi connectivity index (χ4v) is 3.28. The molecule has 2 rings (SSSR count). The summed E-state index contributed by atoms with van der Waals surface area (Å²) in [7, 11) is 0. The number of carbonyl (C=O) groups is 3. The summed E-state index contributed by atoms with van der Waals surface area (Å²) in [5.41, 5.74) is 2.51. The minimum absolute atomic E-state index is 0.132. The van der Waals surface area contributed by atoms with Crippen LogP contribution in [0.2, 0.25) is 0 Å². The third-order valence-electron chi connectivity index (χ3n) is 4.85. The molecular weight excluding hydrogens is 370 g/mol. The number of H-pyrrole nitrogens is 1. The Morgan fingerprint density at radius 1 is 1.17 bits per heavy atom. The van der Waals surface area contributed by atoms with Gasteiger partial charge in [0.2, 0.25) is 5.91 Å². The standard InChI is InChI=1S/C22H29N3O4/c1-7-29-22(28)19-14(4)18(15(5)24-19)20(26)16(6)25(21(27)13(2)3)12-17-10-8-9-11-23-17/h8-11,13,16,24H,7,12H2,1-6H3. The largest absolute Gasteiger partial charge is 0.461 e. The quantitative estimate of drug-likeness (QED) is 0.542. The van der Waals surface area contributed by atoms with Gasteiger partial charge in [0.05, 0.1) is 24.9 Å². The molecule has 156 valence electrons. The number of hydrogen-bond acceptors (Lipinski definition) is 5. The number of rotatable bonds is 8. The van der Waals surface area contributed by atoms with E-state index in [1.807, 2.05) is 12.1 Å². The molecule has 1 unspecified atom stereocenters. The molecule has 2 aromatic rings. The average molecular weight is 399 g/mol. The van der Waals surface area contributed by atoms with Gasteiger partial charge in [0.1, 0.15) is 5.69 Å². The van der Waals surface area contributed by atoms with Crippen LogP contribution in [0.4, 0.5) is 0 Å². The van der Waals surface area contributed by atoms with Gasteiger partial charge in [-0.3, -0.25) is 14.6 Å². The van der Waals surface area contributed by atoms with Gasteiger partial charge in [0.15, 0.2) is 5.78 Å². The van der Waals surface area contributed by atoms with Crippen LogP contribution >= 0.6 is 0 Å². The van der Waals surface area contributed by atoms with Crippen molar-refractivity contribution in [3.05, 3.63) is 52.6 Å². The van der Waals surface area contributed by atoms with E-state index < -0.39 is 12.0 Å². The second-order valence-corrected chi connectivity index (χ2v) is 7.33. The van der Waals surface area contributed by atoms with Crippen LogP contribution in [0, 0.1) is 19.8 Å². The molecule has 2 heterocycles. The van der Waals surface area contributed by atoms with Gasteiger partial charge in [0, 0.05) is 23.4 Å². The van der Waals surface area contributed by atoms with E-state index in [1.165, 1.54) is 0 Å². The summed E-state index contributed by atoms with van der Waals surface area (Å²) in [6.45, 7) is 11.0. The second-order valence-electron chi connectivity index (χ2n) is 7.33. The Labute approximate surface area is 171 Å². The molecule has 0 aliphatic heterocycles. The maximum atomic E-state index is 13.4. The molecule has 7 heteroatoms. The van der Waals surface area contributed by atoms with Crippen LogP contribution in [0.3, 0.4) is 0 Å². The van der Waals surface area contributed by atoms with Crippen molar-refractivity contribution in [2.24, 2.45) is 5.92 Å². The predicted octanol–water partition coefficient (Wildman–Crippen LogP) is 3.46. The van der Waals surface area contributed by atoms with Gasteiger partial charge in [-0.25, -0.2) is 4.79 Å². The van der Waals surface area contributed by atoms with Crippen molar-refractivity contribution in [1.29, 1.82) is 0 Å². The molecule has 0 aromatic carbocycles. The van der Waals surface area contributed by atoms with E-state index in [0.717, 1.165) is 0 Å². The fourth-order valence-electron chi connectivity index (χ4n) is 3.28. The van der Waals surface area contributed by atoms with Gasteiger partial charge in [-0.2, -0.15) is 0 Å². The lowest BCUT2D eigenvalue weighted by molar-refractivity contribution is -0.136. The number of ketones is 1. The number of esters is 1. The van der Waals surface area contributed by atoms with E-state index in [2.05, 4.69) is 9.97 Å². The van der Waals surface area contributed by atoms with Crippen LogP contribution in [-0.4, -0.2) is 45.2 Å². The molecule has 2 aromatic heterocycles. The van der Waals surface area contributed by atoms with Gasteiger partial charge in [-0.15, -0.1) is 0 Å². The van der Waals surface area contributed by atoms with Crippen LogP contribution in [-0.2, 0) is 16.1 Å². The first-order valence-electron chi connectivity index (χ1n) is 9.79. The molecule has 0 fully saturated rings. The molecule has 0 saturated carbocycles. The summed E-state index contributed by atoms with van der Waals surface area (Å²) in [5.74, 6) is -1.12. The van der Waals surface area contributed by atoms with Gasteiger partial charge >= 0.3 is 5.97 Å². The molecular formula is C22H29N3O4. The second kappa shape index (κ2) is 9.49. The number of pyridine rings is 1. The summed E-state index contributed by atoms with van der Waals surface area (Å²) in [6.07, 6.45) is 1.66. The minimum atomic E-state index is -0.713. The highest BCUT2D eigenvalue weighted by Crippen LogP contribution is 2.23. The van der Waals surface area contributed by atoms with Crippen molar-refractivity contribution in [2.75, 3.05) is 6.61 Å². The number of nitrogens with zero attached hydrogens (tertiary/aromatic N) is 2. The smallest absolute Gasteiger partial charge is 0.355 e. The number of hydrogen-bond donors (Lipinski definition) is 1. The number of aromatic amines is 1. The molecule has 0 spiro atoms. The lowest BCUT2D eigenvalue weighted by Crippen LogP contribution is -2.45. The highest BCUT2D eigenvalue weighted by Gasteiger charge is 2.32. The Bertz CT molecular complexity index is 887. The van der Waals surface area contributed by atoms with Crippen molar-refractivity contribution in [3.63, 3.8) is 0 Å². The molecule has 0 aliphatic carbocycles. The van der Waals surface area contributed by atoms with Crippen LogP contribution < -0.4 is 0 Å². The Kier molecular flexibility index (Phi) is 7.31. The van der Waals surface area contributed by atoms with Crippen molar-refractivity contribution in [1.82, 2.24) is 14.9 Å². The molecule has 0 aliphatic rings. The van der Waals surface area contributed by atoms with E-state index in [1.54, 1.807) is 58.7 Å². The van der Waals surface area contributed by atoms with Crippen molar-refractivity contribution in [3.8, 4) is 0 Å². The summed E-state index contributed by atoms with van der Waals surface area (Å²) in [4.78, 5) is 47.2.